The van der Waals surface area contributed by atoms with Crippen molar-refractivity contribution in [1.82, 2.24) is 24.0 Å². The van der Waals surface area contributed by atoms with E-state index < -0.39 is 10.2 Å². The highest BCUT2D eigenvalue weighted by atomic mass is 32.2. The van der Waals surface area contributed by atoms with Crippen molar-refractivity contribution in [2.45, 2.75) is 31.7 Å². The highest BCUT2D eigenvalue weighted by Crippen LogP contribution is 2.46. The van der Waals surface area contributed by atoms with Crippen LogP contribution in [0.4, 0.5) is 5.82 Å². The van der Waals surface area contributed by atoms with E-state index in [9.17, 15) is 8.42 Å². The molecule has 0 atom stereocenters. The normalized spacial score (nSPS) is 20.8. The summed E-state index contributed by atoms with van der Waals surface area (Å²) in [7, 11) is -3.41. The van der Waals surface area contributed by atoms with Crippen molar-refractivity contribution in [3.63, 3.8) is 0 Å². The van der Waals surface area contributed by atoms with Gasteiger partial charge in [-0.15, -0.1) is 0 Å². The van der Waals surface area contributed by atoms with E-state index in [0.717, 1.165) is 36.1 Å². The van der Waals surface area contributed by atoms with E-state index in [4.69, 9.17) is 0 Å². The van der Waals surface area contributed by atoms with Gasteiger partial charge in [0.05, 0.1) is 10.9 Å². The summed E-state index contributed by atoms with van der Waals surface area (Å²) in [6.07, 6.45) is 6.00. The topological polar surface area (TPSA) is 94.2 Å². The van der Waals surface area contributed by atoms with E-state index in [1.807, 2.05) is 19.2 Å². The van der Waals surface area contributed by atoms with E-state index in [0.29, 0.717) is 26.2 Å². The molecule has 1 saturated heterocycles. The first-order valence-electron chi connectivity index (χ1n) is 8.36. The largest absolute Gasteiger partial charge is 0.353 e. The second-order valence-corrected chi connectivity index (χ2v) is 8.23. The van der Waals surface area contributed by atoms with Gasteiger partial charge in [-0.25, -0.2) is 14.7 Å². The molecule has 4 rings (SSSR count). The summed E-state index contributed by atoms with van der Waals surface area (Å²) in [6, 6.07) is 1.97. The second kappa shape index (κ2) is 5.68. The molecule has 2 fully saturated rings. The zero-order chi connectivity index (χ0) is 16.8. The third-order valence-corrected chi connectivity index (χ3v) is 6.59. The minimum Gasteiger partial charge on any atom is -0.353 e. The fourth-order valence-corrected chi connectivity index (χ4v) is 5.18. The van der Waals surface area contributed by atoms with Gasteiger partial charge in [0.2, 0.25) is 0 Å². The summed E-state index contributed by atoms with van der Waals surface area (Å²) in [6.45, 7) is 4.23. The fraction of sp³-hybridized carbons (Fsp3) is 0.600. The maximum atomic E-state index is 12.6. The molecule has 1 aliphatic heterocycles. The van der Waals surface area contributed by atoms with Gasteiger partial charge in [-0.2, -0.15) is 12.7 Å². The Morgan fingerprint density at radius 3 is 2.92 bits per heavy atom. The van der Waals surface area contributed by atoms with Gasteiger partial charge < -0.3 is 9.88 Å². The van der Waals surface area contributed by atoms with Gasteiger partial charge in [0.25, 0.3) is 10.2 Å². The van der Waals surface area contributed by atoms with Gasteiger partial charge in [0, 0.05) is 32.4 Å². The Balaban J connectivity index is 1.59. The average Bonchev–Trinajstić information content (AvgIpc) is 3.15. The lowest BCUT2D eigenvalue weighted by Crippen LogP contribution is -2.59. The number of anilines is 1. The summed E-state index contributed by atoms with van der Waals surface area (Å²) in [5.74, 6) is 0.881. The second-order valence-electron chi connectivity index (χ2n) is 6.55. The zero-order valence-electron chi connectivity index (χ0n) is 13.7. The van der Waals surface area contributed by atoms with Crippen molar-refractivity contribution in [3.8, 4) is 0 Å². The first kappa shape index (κ1) is 15.8. The Bertz CT molecular complexity index is 845. The quantitative estimate of drug-likeness (QED) is 0.834. The Labute approximate surface area is 141 Å². The summed E-state index contributed by atoms with van der Waals surface area (Å²) in [5.41, 5.74) is 0.523. The molecule has 1 aliphatic carbocycles. The molecule has 130 valence electrons. The number of rotatable bonds is 5. The molecule has 0 bridgehead atoms. The standard InChI is InChI=1S/C15H22N6O2S/c1-2-6-19-24(22,23)21-9-8-20(10-15(21)4-5-15)14-12-3-7-16-13(12)17-11-18-14/h3,7,11,19H,2,4-6,8-10H2,1H3,(H,16,17,18). The lowest BCUT2D eigenvalue weighted by molar-refractivity contribution is 0.267. The van der Waals surface area contributed by atoms with Crippen LogP contribution in [0.3, 0.4) is 0 Å². The number of hydrogen-bond acceptors (Lipinski definition) is 5. The molecule has 2 N–H and O–H groups in total. The number of nitrogens with one attached hydrogen (secondary N) is 2. The average molecular weight is 350 g/mol. The van der Waals surface area contributed by atoms with Gasteiger partial charge in [-0.05, 0) is 25.3 Å². The molecule has 3 heterocycles. The van der Waals surface area contributed by atoms with Crippen LogP contribution in [0, 0.1) is 0 Å². The molecule has 8 nitrogen and oxygen atoms in total. The van der Waals surface area contributed by atoms with Crippen molar-refractivity contribution in [3.05, 3.63) is 18.6 Å². The van der Waals surface area contributed by atoms with Crippen LogP contribution in [0.15, 0.2) is 18.6 Å². The monoisotopic (exact) mass is 350 g/mol. The smallest absolute Gasteiger partial charge is 0.280 e. The van der Waals surface area contributed by atoms with E-state index in [1.165, 1.54) is 0 Å². The number of piperazine rings is 1. The molecule has 0 unspecified atom stereocenters. The number of nitrogens with zero attached hydrogens (tertiary/aromatic N) is 4. The van der Waals surface area contributed by atoms with E-state index in [-0.39, 0.29) is 5.54 Å². The number of aromatic nitrogens is 3. The summed E-state index contributed by atoms with van der Waals surface area (Å²) >= 11 is 0. The van der Waals surface area contributed by atoms with Crippen LogP contribution in [0.2, 0.25) is 0 Å². The van der Waals surface area contributed by atoms with Crippen molar-refractivity contribution in [2.75, 3.05) is 31.1 Å². The Morgan fingerprint density at radius 1 is 1.33 bits per heavy atom. The molecule has 2 aromatic rings. The van der Waals surface area contributed by atoms with Crippen molar-refractivity contribution in [2.24, 2.45) is 0 Å². The van der Waals surface area contributed by atoms with Gasteiger partial charge in [-0.1, -0.05) is 6.92 Å². The first-order valence-corrected chi connectivity index (χ1v) is 9.80. The number of hydrogen-bond donors (Lipinski definition) is 2. The van der Waals surface area contributed by atoms with Gasteiger partial charge in [-0.3, -0.25) is 0 Å². The SMILES string of the molecule is CCCNS(=O)(=O)N1CCN(c2ncnc3[nH]ccc23)CC12CC2. The molecule has 1 spiro atoms. The highest BCUT2D eigenvalue weighted by molar-refractivity contribution is 7.87. The minimum atomic E-state index is -3.41. The summed E-state index contributed by atoms with van der Waals surface area (Å²) < 4.78 is 29.5. The number of fused-ring (bicyclic) bond motifs is 1. The lowest BCUT2D eigenvalue weighted by Gasteiger charge is -2.41. The van der Waals surface area contributed by atoms with E-state index in [2.05, 4.69) is 24.6 Å². The number of H-pyrrole nitrogens is 1. The van der Waals surface area contributed by atoms with Crippen LogP contribution in [-0.2, 0) is 10.2 Å². The molecule has 0 amide bonds. The molecule has 0 aromatic carbocycles. The molecule has 1 saturated carbocycles. The van der Waals surface area contributed by atoms with Crippen molar-refractivity contribution >= 4 is 27.1 Å². The summed E-state index contributed by atoms with van der Waals surface area (Å²) in [5, 5.41) is 0.980. The summed E-state index contributed by atoms with van der Waals surface area (Å²) in [4.78, 5) is 14.0. The highest BCUT2D eigenvalue weighted by Gasteiger charge is 2.55. The third-order valence-electron chi connectivity index (χ3n) is 4.87. The van der Waals surface area contributed by atoms with Crippen molar-refractivity contribution < 1.29 is 8.42 Å². The van der Waals surface area contributed by atoms with Crippen LogP contribution in [0.5, 0.6) is 0 Å². The van der Waals surface area contributed by atoms with Crippen LogP contribution >= 0.6 is 0 Å². The molecular weight excluding hydrogens is 328 g/mol. The minimum absolute atomic E-state index is 0.286. The zero-order valence-corrected chi connectivity index (χ0v) is 14.5. The fourth-order valence-electron chi connectivity index (χ4n) is 3.49. The lowest BCUT2D eigenvalue weighted by atomic mass is 10.2. The third kappa shape index (κ3) is 2.56. The predicted octanol–water partition coefficient (Wildman–Crippen LogP) is 0.857. The molecule has 24 heavy (non-hydrogen) atoms. The molecule has 2 aliphatic rings. The Kier molecular flexibility index (Phi) is 3.74. The molecular formula is C15H22N6O2S. The van der Waals surface area contributed by atoms with Gasteiger partial charge >= 0.3 is 0 Å². The molecule has 2 aromatic heterocycles. The molecule has 9 heteroatoms. The van der Waals surface area contributed by atoms with Crippen LogP contribution < -0.4 is 9.62 Å². The van der Waals surface area contributed by atoms with Crippen molar-refractivity contribution in [1.29, 1.82) is 0 Å². The van der Waals surface area contributed by atoms with Crippen LogP contribution in [0.1, 0.15) is 26.2 Å². The van der Waals surface area contributed by atoms with E-state index >= 15 is 0 Å². The van der Waals surface area contributed by atoms with Crippen LogP contribution in [0.25, 0.3) is 11.0 Å². The maximum absolute atomic E-state index is 12.6. The first-order chi connectivity index (χ1) is 11.6. The maximum Gasteiger partial charge on any atom is 0.280 e. The predicted molar refractivity (Wildman–Crippen MR) is 92.0 cm³/mol. The molecule has 0 radical (unpaired) electrons. The van der Waals surface area contributed by atoms with Gasteiger partial charge in [0.1, 0.15) is 17.8 Å². The van der Waals surface area contributed by atoms with Crippen LogP contribution in [-0.4, -0.2) is 59.4 Å². The number of aromatic amines is 1. The van der Waals surface area contributed by atoms with E-state index in [1.54, 1.807) is 10.6 Å². The Morgan fingerprint density at radius 2 is 2.17 bits per heavy atom. The Hall–Kier alpha value is -1.71. The van der Waals surface area contributed by atoms with Gasteiger partial charge in [0.15, 0.2) is 0 Å².